The number of anilines is 1. The molecule has 0 unspecified atom stereocenters. The molecule has 1 heterocycles. The highest BCUT2D eigenvalue weighted by Crippen LogP contribution is 2.00. The van der Waals surface area contributed by atoms with Crippen LogP contribution in [-0.4, -0.2) is 17.6 Å². The highest BCUT2D eigenvalue weighted by Gasteiger charge is 2.06. The van der Waals surface area contributed by atoms with Gasteiger partial charge in [0.1, 0.15) is 0 Å². The standard InChI is InChI=1S/C10H14N2O3/c1-7-3-4-8(11)10(14)12(7)6-5-9(13)15-2/h3-4H,5-6,11H2,1-2H3. The van der Waals surface area contributed by atoms with Crippen LogP contribution in [0, 0.1) is 6.92 Å². The molecule has 0 aliphatic carbocycles. The first-order valence-electron chi connectivity index (χ1n) is 4.59. The Morgan fingerprint density at radius 2 is 2.20 bits per heavy atom. The van der Waals surface area contributed by atoms with Gasteiger partial charge in [0.25, 0.3) is 5.56 Å². The van der Waals surface area contributed by atoms with Crippen LogP contribution in [0.2, 0.25) is 0 Å². The van der Waals surface area contributed by atoms with Crippen LogP contribution in [0.1, 0.15) is 12.1 Å². The number of ether oxygens (including phenoxy) is 1. The van der Waals surface area contributed by atoms with Crippen molar-refractivity contribution in [3.05, 3.63) is 28.2 Å². The maximum absolute atomic E-state index is 11.6. The molecule has 0 amide bonds. The lowest BCUT2D eigenvalue weighted by atomic mass is 10.3. The lowest BCUT2D eigenvalue weighted by molar-refractivity contribution is -0.140. The Hall–Kier alpha value is -1.78. The summed E-state index contributed by atoms with van der Waals surface area (Å²) in [6, 6.07) is 3.31. The number of esters is 1. The average molecular weight is 210 g/mol. The predicted molar refractivity (Wildman–Crippen MR) is 56.5 cm³/mol. The molecule has 2 N–H and O–H groups in total. The van der Waals surface area contributed by atoms with Crippen molar-refractivity contribution in [3.63, 3.8) is 0 Å². The molecule has 82 valence electrons. The fourth-order valence-electron chi connectivity index (χ4n) is 1.27. The molecule has 0 aromatic carbocycles. The maximum atomic E-state index is 11.6. The van der Waals surface area contributed by atoms with Gasteiger partial charge in [-0.25, -0.2) is 0 Å². The van der Waals surface area contributed by atoms with Gasteiger partial charge in [0.15, 0.2) is 0 Å². The van der Waals surface area contributed by atoms with Gasteiger partial charge in [-0.15, -0.1) is 0 Å². The number of pyridine rings is 1. The van der Waals surface area contributed by atoms with Gasteiger partial charge in [-0.05, 0) is 19.1 Å². The van der Waals surface area contributed by atoms with E-state index in [4.69, 9.17) is 5.73 Å². The molecule has 5 nitrogen and oxygen atoms in total. The molecule has 0 fully saturated rings. The van der Waals surface area contributed by atoms with Crippen molar-refractivity contribution in [2.75, 3.05) is 12.8 Å². The summed E-state index contributed by atoms with van der Waals surface area (Å²) in [7, 11) is 1.32. The van der Waals surface area contributed by atoms with Gasteiger partial charge in [-0.2, -0.15) is 0 Å². The predicted octanol–water partition coefficient (Wildman–Crippen LogP) is 0.302. The number of hydrogen-bond donors (Lipinski definition) is 1. The number of nitrogen functional groups attached to an aromatic ring is 1. The zero-order valence-corrected chi connectivity index (χ0v) is 8.82. The topological polar surface area (TPSA) is 74.3 Å². The third kappa shape index (κ3) is 2.59. The van der Waals surface area contributed by atoms with E-state index in [1.807, 2.05) is 0 Å². The van der Waals surface area contributed by atoms with Gasteiger partial charge in [0, 0.05) is 12.2 Å². The van der Waals surface area contributed by atoms with Crippen molar-refractivity contribution in [1.82, 2.24) is 4.57 Å². The molecule has 1 aromatic rings. The van der Waals surface area contributed by atoms with E-state index in [1.54, 1.807) is 19.1 Å². The Morgan fingerprint density at radius 1 is 1.53 bits per heavy atom. The number of nitrogens with zero attached hydrogens (tertiary/aromatic N) is 1. The van der Waals surface area contributed by atoms with Gasteiger partial charge < -0.3 is 15.0 Å². The lowest BCUT2D eigenvalue weighted by Gasteiger charge is -2.09. The van der Waals surface area contributed by atoms with Crippen LogP contribution in [0.25, 0.3) is 0 Å². The first-order valence-corrected chi connectivity index (χ1v) is 4.59. The summed E-state index contributed by atoms with van der Waals surface area (Å²) in [5, 5.41) is 0. The first kappa shape index (κ1) is 11.3. The van der Waals surface area contributed by atoms with E-state index >= 15 is 0 Å². The van der Waals surface area contributed by atoms with Crippen LogP contribution in [0.15, 0.2) is 16.9 Å². The summed E-state index contributed by atoms with van der Waals surface area (Å²) in [5.74, 6) is -0.344. The van der Waals surface area contributed by atoms with E-state index in [-0.39, 0.29) is 23.6 Å². The summed E-state index contributed by atoms with van der Waals surface area (Å²) in [4.78, 5) is 22.5. The van der Waals surface area contributed by atoms with Gasteiger partial charge in [-0.3, -0.25) is 9.59 Å². The summed E-state index contributed by atoms with van der Waals surface area (Å²) < 4.78 is 5.96. The smallest absolute Gasteiger partial charge is 0.307 e. The van der Waals surface area contributed by atoms with Gasteiger partial charge >= 0.3 is 5.97 Å². The summed E-state index contributed by atoms with van der Waals surface area (Å²) in [6.07, 6.45) is 0.167. The minimum absolute atomic E-state index is 0.167. The van der Waals surface area contributed by atoms with Crippen molar-refractivity contribution in [3.8, 4) is 0 Å². The van der Waals surface area contributed by atoms with Crippen molar-refractivity contribution in [1.29, 1.82) is 0 Å². The van der Waals surface area contributed by atoms with E-state index in [0.29, 0.717) is 6.54 Å². The quantitative estimate of drug-likeness (QED) is 0.728. The van der Waals surface area contributed by atoms with Crippen molar-refractivity contribution >= 4 is 11.7 Å². The van der Waals surface area contributed by atoms with Gasteiger partial charge in [0.2, 0.25) is 0 Å². The van der Waals surface area contributed by atoms with E-state index in [0.717, 1.165) is 5.69 Å². The second kappa shape index (κ2) is 4.63. The monoisotopic (exact) mass is 210 g/mol. The number of methoxy groups -OCH3 is 1. The van der Waals surface area contributed by atoms with Gasteiger partial charge in [0.05, 0.1) is 19.2 Å². The fraction of sp³-hybridized carbons (Fsp3) is 0.400. The lowest BCUT2D eigenvalue weighted by Crippen LogP contribution is -2.25. The summed E-state index contributed by atoms with van der Waals surface area (Å²) >= 11 is 0. The Bertz CT molecular complexity index is 423. The highest BCUT2D eigenvalue weighted by atomic mass is 16.5. The summed E-state index contributed by atoms with van der Waals surface area (Å²) in [5.41, 5.74) is 6.18. The van der Waals surface area contributed by atoms with Crippen LogP contribution in [-0.2, 0) is 16.1 Å². The normalized spacial score (nSPS) is 10.0. The number of aromatic nitrogens is 1. The van der Waals surface area contributed by atoms with E-state index in [9.17, 15) is 9.59 Å². The van der Waals surface area contributed by atoms with Crippen molar-refractivity contribution in [2.24, 2.45) is 0 Å². The molecule has 0 aliphatic heterocycles. The molecule has 0 aliphatic rings. The molecule has 5 heteroatoms. The zero-order valence-electron chi connectivity index (χ0n) is 8.82. The summed E-state index contributed by atoms with van der Waals surface area (Å²) in [6.45, 7) is 2.08. The minimum atomic E-state index is -0.344. The molecule has 0 atom stereocenters. The molecular formula is C10H14N2O3. The third-order valence-electron chi connectivity index (χ3n) is 2.19. The Labute approximate surface area is 87.5 Å². The van der Waals surface area contributed by atoms with Crippen LogP contribution in [0.4, 0.5) is 5.69 Å². The molecule has 1 aromatic heterocycles. The molecule has 0 saturated carbocycles. The molecule has 0 saturated heterocycles. The molecule has 15 heavy (non-hydrogen) atoms. The number of nitrogens with two attached hydrogens (primary N) is 1. The van der Waals surface area contributed by atoms with Crippen LogP contribution in [0.5, 0.6) is 0 Å². The number of aryl methyl sites for hydroxylation is 1. The SMILES string of the molecule is COC(=O)CCn1c(C)ccc(N)c1=O. The third-order valence-corrected chi connectivity index (χ3v) is 2.19. The molecule has 0 bridgehead atoms. The Morgan fingerprint density at radius 3 is 2.80 bits per heavy atom. The van der Waals surface area contributed by atoms with E-state index < -0.39 is 0 Å². The molecule has 1 rings (SSSR count). The van der Waals surface area contributed by atoms with Crippen LogP contribution < -0.4 is 11.3 Å². The second-order valence-corrected chi connectivity index (χ2v) is 3.21. The number of carbonyl (C=O) groups excluding carboxylic acids is 1. The number of carbonyl (C=O) groups is 1. The number of hydrogen-bond acceptors (Lipinski definition) is 4. The Kier molecular flexibility index (Phi) is 3.49. The minimum Gasteiger partial charge on any atom is -0.469 e. The van der Waals surface area contributed by atoms with Crippen LogP contribution >= 0.6 is 0 Å². The highest BCUT2D eigenvalue weighted by molar-refractivity contribution is 5.69. The van der Waals surface area contributed by atoms with E-state index in [1.165, 1.54) is 11.7 Å². The molecule has 0 spiro atoms. The maximum Gasteiger partial charge on any atom is 0.307 e. The first-order chi connectivity index (χ1) is 7.06. The van der Waals surface area contributed by atoms with Crippen LogP contribution in [0.3, 0.4) is 0 Å². The second-order valence-electron chi connectivity index (χ2n) is 3.21. The largest absolute Gasteiger partial charge is 0.469 e. The molecular weight excluding hydrogens is 196 g/mol. The average Bonchev–Trinajstić information content (AvgIpc) is 2.23. The zero-order chi connectivity index (χ0) is 11.4. The van der Waals surface area contributed by atoms with Crippen molar-refractivity contribution in [2.45, 2.75) is 19.9 Å². The van der Waals surface area contributed by atoms with E-state index in [2.05, 4.69) is 4.74 Å². The Balaban J connectivity index is 2.90. The molecule has 0 radical (unpaired) electrons. The fourth-order valence-corrected chi connectivity index (χ4v) is 1.27. The number of rotatable bonds is 3. The van der Waals surface area contributed by atoms with Gasteiger partial charge in [-0.1, -0.05) is 0 Å². The van der Waals surface area contributed by atoms with Crippen molar-refractivity contribution < 1.29 is 9.53 Å².